The number of carboxylic acid groups (broad SMARTS) is 1. The van der Waals surface area contributed by atoms with E-state index in [1.807, 2.05) is 0 Å². The van der Waals surface area contributed by atoms with Gasteiger partial charge in [-0.3, -0.25) is 4.79 Å². The second-order valence-electron chi connectivity index (χ2n) is 5.73. The molecule has 116 valence electrons. The van der Waals surface area contributed by atoms with Crippen LogP contribution in [-0.4, -0.2) is 53.3 Å². The topological polar surface area (TPSA) is 94.9 Å². The highest BCUT2D eigenvalue weighted by atomic mass is 32.2. The van der Waals surface area contributed by atoms with E-state index in [0.29, 0.717) is 19.3 Å². The van der Waals surface area contributed by atoms with Gasteiger partial charge in [0.05, 0.1) is 17.8 Å². The van der Waals surface area contributed by atoms with E-state index in [1.165, 1.54) is 4.31 Å². The second-order valence-corrected chi connectivity index (χ2v) is 7.84. The molecule has 2 fully saturated rings. The number of rotatable bonds is 6. The molecular weight excluding hydrogens is 282 g/mol. The molecule has 2 aliphatic carbocycles. The van der Waals surface area contributed by atoms with E-state index in [9.17, 15) is 18.3 Å². The van der Waals surface area contributed by atoms with Crippen LogP contribution in [0.4, 0.5) is 0 Å². The molecule has 2 rings (SSSR count). The minimum absolute atomic E-state index is 0.0674. The van der Waals surface area contributed by atoms with Crippen molar-refractivity contribution in [1.29, 1.82) is 0 Å². The van der Waals surface area contributed by atoms with Crippen LogP contribution in [0.1, 0.15) is 44.9 Å². The molecule has 0 heterocycles. The maximum atomic E-state index is 12.8. The average Bonchev–Trinajstić information content (AvgIpc) is 3.06. The molecule has 0 spiro atoms. The van der Waals surface area contributed by atoms with Gasteiger partial charge in [0.15, 0.2) is 0 Å². The molecule has 20 heavy (non-hydrogen) atoms. The molecule has 0 aromatic heterocycles. The van der Waals surface area contributed by atoms with Crippen LogP contribution in [0.5, 0.6) is 0 Å². The van der Waals surface area contributed by atoms with E-state index in [-0.39, 0.29) is 19.2 Å². The molecule has 7 heteroatoms. The van der Waals surface area contributed by atoms with E-state index in [2.05, 4.69) is 0 Å². The SMILES string of the molecule is O=C(O)C1CCCC1S(=O)(=O)N(CCO)C1CCCC1. The van der Waals surface area contributed by atoms with Gasteiger partial charge in [-0.2, -0.15) is 4.31 Å². The standard InChI is InChI=1S/C13H23NO5S/c15-9-8-14(10-4-1-2-5-10)20(18,19)12-7-3-6-11(12)13(16)17/h10-12,15H,1-9H2,(H,16,17). The monoisotopic (exact) mass is 305 g/mol. The van der Waals surface area contributed by atoms with Gasteiger partial charge in [-0.05, 0) is 25.7 Å². The summed E-state index contributed by atoms with van der Waals surface area (Å²) in [6.07, 6.45) is 5.08. The molecule has 2 aliphatic rings. The van der Waals surface area contributed by atoms with Crippen LogP contribution < -0.4 is 0 Å². The number of aliphatic hydroxyl groups excluding tert-OH is 1. The lowest BCUT2D eigenvalue weighted by Gasteiger charge is -2.31. The van der Waals surface area contributed by atoms with Crippen molar-refractivity contribution in [3.05, 3.63) is 0 Å². The number of carboxylic acids is 1. The zero-order valence-corrected chi connectivity index (χ0v) is 12.4. The van der Waals surface area contributed by atoms with Crippen molar-refractivity contribution in [2.75, 3.05) is 13.2 Å². The number of hydrogen-bond acceptors (Lipinski definition) is 4. The van der Waals surface area contributed by atoms with Crippen molar-refractivity contribution < 1.29 is 23.4 Å². The van der Waals surface area contributed by atoms with Crippen LogP contribution in [-0.2, 0) is 14.8 Å². The lowest BCUT2D eigenvalue weighted by atomic mass is 10.1. The third kappa shape index (κ3) is 2.99. The molecule has 0 radical (unpaired) electrons. The molecule has 0 aliphatic heterocycles. The Hall–Kier alpha value is -0.660. The fourth-order valence-electron chi connectivity index (χ4n) is 3.55. The largest absolute Gasteiger partial charge is 0.481 e. The van der Waals surface area contributed by atoms with Crippen LogP contribution in [0.25, 0.3) is 0 Å². The number of aliphatic carboxylic acids is 1. The first-order valence-electron chi connectivity index (χ1n) is 7.32. The van der Waals surface area contributed by atoms with Gasteiger partial charge < -0.3 is 10.2 Å². The fraction of sp³-hybridized carbons (Fsp3) is 0.923. The highest BCUT2D eigenvalue weighted by molar-refractivity contribution is 7.89. The highest BCUT2D eigenvalue weighted by Gasteiger charge is 2.46. The number of hydrogen-bond donors (Lipinski definition) is 2. The highest BCUT2D eigenvalue weighted by Crippen LogP contribution is 2.36. The minimum atomic E-state index is -3.65. The Morgan fingerprint density at radius 1 is 1.10 bits per heavy atom. The van der Waals surface area contributed by atoms with Crippen LogP contribution in [0.15, 0.2) is 0 Å². The molecule has 2 N–H and O–H groups in total. The lowest BCUT2D eigenvalue weighted by molar-refractivity contribution is -0.141. The smallest absolute Gasteiger partial charge is 0.307 e. The minimum Gasteiger partial charge on any atom is -0.481 e. The van der Waals surface area contributed by atoms with Crippen LogP contribution in [0.2, 0.25) is 0 Å². The number of nitrogens with zero attached hydrogens (tertiary/aromatic N) is 1. The predicted molar refractivity (Wildman–Crippen MR) is 73.7 cm³/mol. The molecule has 2 unspecified atom stereocenters. The summed E-state index contributed by atoms with van der Waals surface area (Å²) in [6.45, 7) is -0.143. The van der Waals surface area contributed by atoms with E-state index in [1.54, 1.807) is 0 Å². The van der Waals surface area contributed by atoms with E-state index < -0.39 is 27.2 Å². The molecule has 2 saturated carbocycles. The van der Waals surface area contributed by atoms with Crippen molar-refractivity contribution >= 4 is 16.0 Å². The van der Waals surface area contributed by atoms with Crippen molar-refractivity contribution in [2.24, 2.45) is 5.92 Å². The second kappa shape index (κ2) is 6.41. The van der Waals surface area contributed by atoms with Gasteiger partial charge in [0.2, 0.25) is 10.0 Å². The molecular formula is C13H23NO5S. The third-order valence-electron chi connectivity index (χ3n) is 4.53. The van der Waals surface area contributed by atoms with Gasteiger partial charge in [0, 0.05) is 12.6 Å². The summed E-state index contributed by atoms with van der Waals surface area (Å²) in [5, 5.41) is 17.5. The molecule has 0 amide bonds. The van der Waals surface area contributed by atoms with Crippen molar-refractivity contribution in [3.8, 4) is 0 Å². The van der Waals surface area contributed by atoms with Crippen molar-refractivity contribution in [2.45, 2.75) is 56.2 Å². The molecule has 0 aromatic carbocycles. The van der Waals surface area contributed by atoms with Crippen LogP contribution >= 0.6 is 0 Å². The first kappa shape index (κ1) is 15.7. The van der Waals surface area contributed by atoms with Gasteiger partial charge in [-0.25, -0.2) is 8.42 Å². The number of carbonyl (C=O) groups is 1. The Balaban J connectivity index is 2.23. The van der Waals surface area contributed by atoms with E-state index in [0.717, 1.165) is 25.7 Å². The Kier molecular flexibility index (Phi) is 5.04. The Morgan fingerprint density at radius 2 is 1.75 bits per heavy atom. The van der Waals surface area contributed by atoms with E-state index in [4.69, 9.17) is 5.11 Å². The average molecular weight is 305 g/mol. The summed E-state index contributed by atoms with van der Waals surface area (Å²) in [5.41, 5.74) is 0. The van der Waals surface area contributed by atoms with E-state index >= 15 is 0 Å². The first-order chi connectivity index (χ1) is 9.48. The summed E-state index contributed by atoms with van der Waals surface area (Å²) in [5.74, 6) is -1.82. The maximum Gasteiger partial charge on any atom is 0.307 e. The molecule has 6 nitrogen and oxygen atoms in total. The van der Waals surface area contributed by atoms with Gasteiger partial charge in [-0.15, -0.1) is 0 Å². The Bertz CT molecular complexity index is 444. The van der Waals surface area contributed by atoms with Crippen LogP contribution in [0.3, 0.4) is 0 Å². The van der Waals surface area contributed by atoms with Crippen molar-refractivity contribution in [3.63, 3.8) is 0 Å². The summed E-state index contributed by atoms with van der Waals surface area (Å²) in [6, 6.07) is -0.0674. The van der Waals surface area contributed by atoms with Crippen molar-refractivity contribution in [1.82, 2.24) is 4.31 Å². The Morgan fingerprint density at radius 3 is 2.30 bits per heavy atom. The summed E-state index contributed by atoms with van der Waals surface area (Å²) in [7, 11) is -3.65. The Labute approximate surface area is 119 Å². The predicted octanol–water partition coefficient (Wildman–Crippen LogP) is 0.806. The maximum absolute atomic E-state index is 12.8. The third-order valence-corrected chi connectivity index (χ3v) is 7.00. The molecule has 2 atom stereocenters. The number of aliphatic hydroxyl groups is 1. The van der Waals surface area contributed by atoms with Gasteiger partial charge >= 0.3 is 5.97 Å². The zero-order valence-electron chi connectivity index (χ0n) is 11.6. The quantitative estimate of drug-likeness (QED) is 0.757. The normalized spacial score (nSPS) is 28.3. The fourth-order valence-corrected chi connectivity index (χ4v) is 5.99. The zero-order chi connectivity index (χ0) is 14.8. The van der Waals surface area contributed by atoms with Gasteiger partial charge in [-0.1, -0.05) is 19.3 Å². The van der Waals surface area contributed by atoms with Crippen LogP contribution in [0, 0.1) is 5.92 Å². The number of sulfonamides is 1. The first-order valence-corrected chi connectivity index (χ1v) is 8.83. The lowest BCUT2D eigenvalue weighted by Crippen LogP contribution is -2.47. The molecule has 0 saturated heterocycles. The summed E-state index contributed by atoms with van der Waals surface area (Å²) < 4.78 is 26.9. The van der Waals surface area contributed by atoms with Gasteiger partial charge in [0.1, 0.15) is 0 Å². The summed E-state index contributed by atoms with van der Waals surface area (Å²) >= 11 is 0. The molecule has 0 aromatic rings. The van der Waals surface area contributed by atoms with Gasteiger partial charge in [0.25, 0.3) is 0 Å². The summed E-state index contributed by atoms with van der Waals surface area (Å²) in [4.78, 5) is 11.2. The molecule has 0 bridgehead atoms.